The van der Waals surface area contributed by atoms with Crippen LogP contribution in [0.4, 0.5) is 0 Å². The van der Waals surface area contributed by atoms with Gasteiger partial charge in [-0.2, -0.15) is 5.10 Å². The van der Waals surface area contributed by atoms with Gasteiger partial charge >= 0.3 is 0 Å². The summed E-state index contributed by atoms with van der Waals surface area (Å²) in [6, 6.07) is 0.188. The Labute approximate surface area is 64.2 Å². The molecule has 0 radical (unpaired) electrons. The molecule has 1 rings (SSSR count). The summed E-state index contributed by atoms with van der Waals surface area (Å²) in [6.07, 6.45) is 1.34. The standard InChI is InChI=1S/C6H9ClN2O/c1-4(2)9-6(7)5(10)3-8-9/h3-4,10H,1-2H3. The highest BCUT2D eigenvalue weighted by Gasteiger charge is 2.08. The van der Waals surface area contributed by atoms with Crippen LogP contribution < -0.4 is 0 Å². The van der Waals surface area contributed by atoms with Gasteiger partial charge in [0.15, 0.2) is 10.9 Å². The second-order valence-electron chi connectivity index (χ2n) is 2.36. The Morgan fingerprint density at radius 2 is 2.30 bits per heavy atom. The molecule has 0 atom stereocenters. The molecule has 0 spiro atoms. The van der Waals surface area contributed by atoms with Gasteiger partial charge in [-0.05, 0) is 13.8 Å². The molecule has 1 aromatic rings. The van der Waals surface area contributed by atoms with E-state index in [-0.39, 0.29) is 11.8 Å². The highest BCUT2D eigenvalue weighted by Crippen LogP contribution is 2.24. The number of rotatable bonds is 1. The van der Waals surface area contributed by atoms with E-state index in [1.807, 2.05) is 13.8 Å². The predicted molar refractivity (Wildman–Crippen MR) is 39.3 cm³/mol. The van der Waals surface area contributed by atoms with Crippen LogP contribution in [0, 0.1) is 0 Å². The van der Waals surface area contributed by atoms with Crippen molar-refractivity contribution in [2.45, 2.75) is 19.9 Å². The SMILES string of the molecule is CC(C)n1ncc(O)c1Cl. The molecular formula is C6H9ClN2O. The lowest BCUT2D eigenvalue weighted by molar-refractivity contribution is 0.470. The minimum atomic E-state index is 0.0374. The summed E-state index contributed by atoms with van der Waals surface area (Å²) in [4.78, 5) is 0. The van der Waals surface area contributed by atoms with Gasteiger partial charge in [-0.25, -0.2) is 4.68 Å². The molecule has 3 nitrogen and oxygen atoms in total. The number of halogens is 1. The monoisotopic (exact) mass is 160 g/mol. The third-order valence-electron chi connectivity index (χ3n) is 1.21. The number of hydrogen-bond acceptors (Lipinski definition) is 2. The van der Waals surface area contributed by atoms with Gasteiger partial charge in [-0.1, -0.05) is 11.6 Å². The lowest BCUT2D eigenvalue weighted by Crippen LogP contribution is -2.01. The summed E-state index contributed by atoms with van der Waals surface area (Å²) < 4.78 is 1.55. The van der Waals surface area contributed by atoms with Crippen molar-refractivity contribution in [2.75, 3.05) is 0 Å². The molecule has 0 aliphatic heterocycles. The van der Waals surface area contributed by atoms with E-state index >= 15 is 0 Å². The second-order valence-corrected chi connectivity index (χ2v) is 2.72. The summed E-state index contributed by atoms with van der Waals surface area (Å²) in [5.41, 5.74) is 0. The minimum absolute atomic E-state index is 0.0374. The van der Waals surface area contributed by atoms with Crippen molar-refractivity contribution in [3.8, 4) is 5.75 Å². The summed E-state index contributed by atoms with van der Waals surface area (Å²) in [5, 5.41) is 13.1. The van der Waals surface area contributed by atoms with Crippen molar-refractivity contribution in [1.82, 2.24) is 9.78 Å². The molecule has 4 heteroatoms. The lowest BCUT2D eigenvalue weighted by atomic mass is 10.4. The molecule has 0 aliphatic carbocycles. The molecule has 10 heavy (non-hydrogen) atoms. The van der Waals surface area contributed by atoms with E-state index in [2.05, 4.69) is 5.10 Å². The molecular weight excluding hydrogens is 152 g/mol. The van der Waals surface area contributed by atoms with Gasteiger partial charge in [0, 0.05) is 6.04 Å². The Morgan fingerprint density at radius 1 is 1.70 bits per heavy atom. The van der Waals surface area contributed by atoms with Crippen LogP contribution in [0.3, 0.4) is 0 Å². The van der Waals surface area contributed by atoms with Crippen LogP contribution in [0.15, 0.2) is 6.20 Å². The summed E-state index contributed by atoms with van der Waals surface area (Å²) in [6.45, 7) is 3.89. The highest BCUT2D eigenvalue weighted by molar-refractivity contribution is 6.30. The third-order valence-corrected chi connectivity index (χ3v) is 1.57. The molecule has 56 valence electrons. The average molecular weight is 161 g/mol. The first-order valence-corrected chi connectivity index (χ1v) is 3.42. The van der Waals surface area contributed by atoms with Crippen molar-refractivity contribution in [2.24, 2.45) is 0 Å². The predicted octanol–water partition coefficient (Wildman–Crippen LogP) is 1.82. The molecule has 0 fully saturated rings. The molecule has 0 aromatic carbocycles. The topological polar surface area (TPSA) is 38.0 Å². The van der Waals surface area contributed by atoms with Gasteiger partial charge in [-0.3, -0.25) is 0 Å². The summed E-state index contributed by atoms with van der Waals surface area (Å²) in [5.74, 6) is 0.0374. The fraction of sp³-hybridized carbons (Fsp3) is 0.500. The van der Waals surface area contributed by atoms with Gasteiger partial charge in [0.25, 0.3) is 0 Å². The Balaban J connectivity index is 3.05. The van der Waals surface area contributed by atoms with E-state index in [1.165, 1.54) is 6.20 Å². The molecule has 1 heterocycles. The average Bonchev–Trinajstić information content (AvgIpc) is 2.14. The largest absolute Gasteiger partial charge is 0.504 e. The van der Waals surface area contributed by atoms with Gasteiger partial charge < -0.3 is 5.11 Å². The van der Waals surface area contributed by atoms with E-state index in [0.717, 1.165) is 0 Å². The van der Waals surface area contributed by atoms with Crippen LogP contribution in [0.2, 0.25) is 5.15 Å². The van der Waals surface area contributed by atoms with E-state index in [9.17, 15) is 0 Å². The first-order chi connectivity index (χ1) is 4.63. The number of aromatic hydroxyl groups is 1. The maximum atomic E-state index is 8.97. The number of nitrogens with zero attached hydrogens (tertiary/aromatic N) is 2. The van der Waals surface area contributed by atoms with Gasteiger partial charge in [-0.15, -0.1) is 0 Å². The maximum Gasteiger partial charge on any atom is 0.173 e. The van der Waals surface area contributed by atoms with Crippen LogP contribution in [-0.4, -0.2) is 14.9 Å². The van der Waals surface area contributed by atoms with E-state index in [1.54, 1.807) is 4.68 Å². The molecule has 1 N–H and O–H groups in total. The maximum absolute atomic E-state index is 8.97. The number of aromatic nitrogens is 2. The zero-order valence-corrected chi connectivity index (χ0v) is 6.63. The smallest absolute Gasteiger partial charge is 0.173 e. The van der Waals surface area contributed by atoms with Crippen LogP contribution in [-0.2, 0) is 0 Å². The van der Waals surface area contributed by atoms with Crippen LogP contribution >= 0.6 is 11.6 Å². The quantitative estimate of drug-likeness (QED) is 0.681. The number of hydrogen-bond donors (Lipinski definition) is 1. The summed E-state index contributed by atoms with van der Waals surface area (Å²) in [7, 11) is 0. The van der Waals surface area contributed by atoms with Gasteiger partial charge in [0.2, 0.25) is 0 Å². The van der Waals surface area contributed by atoms with Crippen molar-refractivity contribution in [3.05, 3.63) is 11.3 Å². The van der Waals surface area contributed by atoms with E-state index in [4.69, 9.17) is 16.7 Å². The second kappa shape index (κ2) is 2.50. The highest BCUT2D eigenvalue weighted by atomic mass is 35.5. The summed E-state index contributed by atoms with van der Waals surface area (Å²) >= 11 is 5.65. The van der Waals surface area contributed by atoms with Crippen LogP contribution in [0.5, 0.6) is 5.75 Å². The molecule has 1 aromatic heterocycles. The molecule has 0 bridgehead atoms. The van der Waals surface area contributed by atoms with E-state index < -0.39 is 0 Å². The van der Waals surface area contributed by atoms with Crippen LogP contribution in [0.25, 0.3) is 0 Å². The molecule has 0 aliphatic rings. The van der Waals surface area contributed by atoms with E-state index in [0.29, 0.717) is 5.15 Å². The Morgan fingerprint density at radius 3 is 2.50 bits per heavy atom. The van der Waals surface area contributed by atoms with Gasteiger partial charge in [0.05, 0.1) is 6.20 Å². The van der Waals surface area contributed by atoms with Crippen molar-refractivity contribution in [3.63, 3.8) is 0 Å². The molecule has 0 unspecified atom stereocenters. The zero-order valence-electron chi connectivity index (χ0n) is 5.87. The molecule has 0 saturated carbocycles. The normalized spacial score (nSPS) is 10.8. The molecule has 0 saturated heterocycles. The first-order valence-electron chi connectivity index (χ1n) is 3.05. The first kappa shape index (κ1) is 7.41. The molecule has 0 amide bonds. The fourth-order valence-corrected chi connectivity index (χ4v) is 0.986. The van der Waals surface area contributed by atoms with Crippen LogP contribution in [0.1, 0.15) is 19.9 Å². The Bertz CT molecular complexity index is 232. The minimum Gasteiger partial charge on any atom is -0.504 e. The van der Waals surface area contributed by atoms with Gasteiger partial charge in [0.1, 0.15) is 0 Å². The fourth-order valence-electron chi connectivity index (χ4n) is 0.698. The van der Waals surface area contributed by atoms with Crippen molar-refractivity contribution < 1.29 is 5.11 Å². The Hall–Kier alpha value is -0.700. The third kappa shape index (κ3) is 1.09. The zero-order chi connectivity index (χ0) is 7.72. The van der Waals surface area contributed by atoms with Crippen molar-refractivity contribution >= 4 is 11.6 Å². The Kier molecular flexibility index (Phi) is 1.85. The van der Waals surface area contributed by atoms with Crippen molar-refractivity contribution in [1.29, 1.82) is 0 Å². The lowest BCUT2D eigenvalue weighted by Gasteiger charge is -2.04.